The second-order valence-corrected chi connectivity index (χ2v) is 15.2. The standard InChI is InChI=1S/C33H47N4O9P/c34-27(38)19-26-30(42)35-21-32(13-3-1-4-14-32)15-7-8-24(23-11-9-22(10-12-23)20-47(44,45)46)25(18-28(39)40)29(41)37-33(31(43)36-26)16-5-2-6-17-33/h7-12,24-26H,1-6,13-21H2,(H2,34,38)(H,35,42)(H,36,43)(H,37,41)(H,39,40)(H2,44,45,46)/b8-7+/t24-,25+,26+/m1/s1. The maximum absolute atomic E-state index is 14.2. The highest BCUT2D eigenvalue weighted by molar-refractivity contribution is 7.50. The Morgan fingerprint density at radius 3 is 2.09 bits per heavy atom. The largest absolute Gasteiger partial charge is 0.481 e. The first-order valence-electron chi connectivity index (χ1n) is 16.4. The number of carboxylic acid groups (broad SMARTS) is 1. The first-order valence-corrected chi connectivity index (χ1v) is 18.2. The summed E-state index contributed by atoms with van der Waals surface area (Å²) in [6.45, 7) is 0.296. The molecule has 3 aliphatic rings. The molecule has 0 aromatic heterocycles. The van der Waals surface area contributed by atoms with E-state index in [1.807, 2.05) is 12.2 Å². The minimum Gasteiger partial charge on any atom is -0.481 e. The monoisotopic (exact) mass is 674 g/mol. The summed E-state index contributed by atoms with van der Waals surface area (Å²) in [6.07, 6.45) is 9.96. The number of carbonyl (C=O) groups is 5. The predicted molar refractivity (Wildman–Crippen MR) is 173 cm³/mol. The van der Waals surface area contributed by atoms with Gasteiger partial charge in [0.05, 0.1) is 24.9 Å². The van der Waals surface area contributed by atoms with Crippen molar-refractivity contribution in [2.45, 2.75) is 107 Å². The highest BCUT2D eigenvalue weighted by Crippen LogP contribution is 2.42. The quantitative estimate of drug-likeness (QED) is 0.167. The lowest BCUT2D eigenvalue weighted by atomic mass is 9.71. The minimum absolute atomic E-state index is 0.260. The number of nitrogens with one attached hydrogen (secondary N) is 3. The van der Waals surface area contributed by atoms with Gasteiger partial charge in [-0.25, -0.2) is 0 Å². The van der Waals surface area contributed by atoms with Gasteiger partial charge in [0.15, 0.2) is 0 Å². The Balaban J connectivity index is 1.80. The number of rotatable bonds is 7. The van der Waals surface area contributed by atoms with Crippen molar-refractivity contribution in [3.8, 4) is 0 Å². The smallest absolute Gasteiger partial charge is 0.329 e. The molecule has 4 amide bonds. The van der Waals surface area contributed by atoms with Crippen molar-refractivity contribution in [3.05, 3.63) is 47.5 Å². The van der Waals surface area contributed by atoms with E-state index in [2.05, 4.69) is 16.0 Å². The van der Waals surface area contributed by atoms with Gasteiger partial charge in [-0.05, 0) is 48.6 Å². The zero-order chi connectivity index (χ0) is 34.2. The molecule has 0 saturated heterocycles. The van der Waals surface area contributed by atoms with E-state index in [0.717, 1.165) is 38.5 Å². The van der Waals surface area contributed by atoms with E-state index in [4.69, 9.17) is 5.73 Å². The summed E-state index contributed by atoms with van der Waals surface area (Å²) in [5.74, 6) is -5.67. The Morgan fingerprint density at radius 2 is 1.51 bits per heavy atom. The van der Waals surface area contributed by atoms with Gasteiger partial charge in [0.25, 0.3) is 0 Å². The average Bonchev–Trinajstić information content (AvgIpc) is 3.01. The van der Waals surface area contributed by atoms with Gasteiger partial charge in [-0.15, -0.1) is 0 Å². The Bertz CT molecular complexity index is 1390. The van der Waals surface area contributed by atoms with Crippen molar-refractivity contribution < 1.29 is 43.4 Å². The molecule has 0 radical (unpaired) electrons. The number of benzene rings is 1. The van der Waals surface area contributed by atoms with Crippen molar-refractivity contribution in [1.82, 2.24) is 16.0 Å². The van der Waals surface area contributed by atoms with E-state index in [1.54, 1.807) is 24.3 Å². The van der Waals surface area contributed by atoms with Gasteiger partial charge in [0.2, 0.25) is 23.6 Å². The molecule has 1 aliphatic heterocycles. The normalized spacial score (nSPS) is 26.3. The molecule has 1 aromatic carbocycles. The van der Waals surface area contributed by atoms with Crippen LogP contribution < -0.4 is 21.7 Å². The molecule has 0 unspecified atom stereocenters. The van der Waals surface area contributed by atoms with Crippen LogP contribution in [-0.2, 0) is 34.7 Å². The number of carboxylic acids is 1. The summed E-state index contributed by atoms with van der Waals surface area (Å²) in [5.41, 5.74) is 4.67. The summed E-state index contributed by atoms with van der Waals surface area (Å²) in [4.78, 5) is 84.8. The molecule has 1 aromatic rings. The molecule has 2 saturated carbocycles. The number of hydrogen-bond acceptors (Lipinski definition) is 6. The topological polar surface area (TPSA) is 225 Å². The fraction of sp³-hybridized carbons (Fsp3) is 0.606. The molecule has 4 rings (SSSR count). The van der Waals surface area contributed by atoms with E-state index in [-0.39, 0.29) is 18.3 Å². The van der Waals surface area contributed by atoms with Crippen LogP contribution in [0, 0.1) is 11.3 Å². The van der Waals surface area contributed by atoms with E-state index >= 15 is 0 Å². The SMILES string of the molecule is NC(=O)C[C@@H]1NC(=O)C2(CCCCC2)NC(=O)[C@@H](CC(=O)O)[C@@H](c2ccc(CP(=O)(O)O)cc2)/C=C/CC2(CCCCC2)CNC1=O. The predicted octanol–water partition coefficient (Wildman–Crippen LogP) is 2.74. The molecular weight excluding hydrogens is 627 g/mol. The molecule has 2 fully saturated rings. The summed E-state index contributed by atoms with van der Waals surface area (Å²) in [5, 5.41) is 18.5. The first kappa shape index (κ1) is 36.3. The summed E-state index contributed by atoms with van der Waals surface area (Å²) >= 11 is 0. The number of carbonyl (C=O) groups excluding carboxylic acids is 4. The fourth-order valence-electron chi connectivity index (χ4n) is 7.35. The highest BCUT2D eigenvalue weighted by Gasteiger charge is 2.45. The van der Waals surface area contributed by atoms with Gasteiger partial charge >= 0.3 is 13.6 Å². The second-order valence-electron chi connectivity index (χ2n) is 13.5. The van der Waals surface area contributed by atoms with E-state index in [9.17, 15) is 43.4 Å². The lowest BCUT2D eigenvalue weighted by Crippen LogP contribution is -2.64. The third-order valence-electron chi connectivity index (χ3n) is 9.90. The molecule has 13 nitrogen and oxygen atoms in total. The van der Waals surface area contributed by atoms with Crippen LogP contribution in [0.5, 0.6) is 0 Å². The number of primary amides is 1. The number of nitrogens with two attached hydrogens (primary N) is 1. The van der Waals surface area contributed by atoms with Crippen LogP contribution >= 0.6 is 7.60 Å². The average molecular weight is 675 g/mol. The van der Waals surface area contributed by atoms with Crippen molar-refractivity contribution in [2.24, 2.45) is 17.1 Å². The fourth-order valence-corrected chi connectivity index (χ4v) is 8.03. The lowest BCUT2D eigenvalue weighted by Gasteiger charge is -2.39. The van der Waals surface area contributed by atoms with Gasteiger partial charge < -0.3 is 36.6 Å². The Hall–Kier alpha value is -3.54. The van der Waals surface area contributed by atoms with Gasteiger partial charge in [-0.1, -0.05) is 74.9 Å². The van der Waals surface area contributed by atoms with Crippen LogP contribution in [0.3, 0.4) is 0 Å². The van der Waals surface area contributed by atoms with Crippen molar-refractivity contribution >= 4 is 37.2 Å². The van der Waals surface area contributed by atoms with Crippen LogP contribution in [0.2, 0.25) is 0 Å². The van der Waals surface area contributed by atoms with Crippen LogP contribution in [0.1, 0.15) is 101 Å². The van der Waals surface area contributed by atoms with Crippen LogP contribution in [-0.4, -0.2) is 62.6 Å². The molecule has 1 heterocycles. The zero-order valence-corrected chi connectivity index (χ0v) is 27.5. The summed E-state index contributed by atoms with van der Waals surface area (Å²) < 4.78 is 11.6. The second kappa shape index (κ2) is 15.6. The molecule has 2 aliphatic carbocycles. The Labute approximate surface area is 274 Å². The lowest BCUT2D eigenvalue weighted by molar-refractivity contribution is -0.143. The summed E-state index contributed by atoms with van der Waals surface area (Å²) in [6, 6.07) is 5.15. The summed E-state index contributed by atoms with van der Waals surface area (Å²) in [7, 11) is -4.33. The molecule has 8 N–H and O–H groups in total. The van der Waals surface area contributed by atoms with E-state index < -0.39 is 79.6 Å². The minimum atomic E-state index is -4.33. The molecular formula is C33H47N4O9P. The van der Waals surface area contributed by atoms with Crippen LogP contribution in [0.25, 0.3) is 0 Å². The van der Waals surface area contributed by atoms with Crippen LogP contribution in [0.4, 0.5) is 0 Å². The molecule has 47 heavy (non-hydrogen) atoms. The third-order valence-corrected chi connectivity index (χ3v) is 10.7. The number of allylic oxidation sites excluding steroid dienone is 2. The Kier molecular flexibility index (Phi) is 12.0. The molecule has 258 valence electrons. The van der Waals surface area contributed by atoms with E-state index in [0.29, 0.717) is 36.9 Å². The van der Waals surface area contributed by atoms with E-state index in [1.165, 1.54) is 0 Å². The Morgan fingerprint density at radius 1 is 0.894 bits per heavy atom. The van der Waals surface area contributed by atoms with Gasteiger partial charge in [-0.2, -0.15) is 0 Å². The molecule has 2 spiro atoms. The number of aliphatic carboxylic acids is 1. The first-order chi connectivity index (χ1) is 22.2. The maximum atomic E-state index is 14.2. The van der Waals surface area contributed by atoms with Gasteiger partial charge in [-0.3, -0.25) is 28.5 Å². The van der Waals surface area contributed by atoms with Crippen molar-refractivity contribution in [1.29, 1.82) is 0 Å². The van der Waals surface area contributed by atoms with Crippen LogP contribution in [0.15, 0.2) is 36.4 Å². The molecule has 14 heteroatoms. The van der Waals surface area contributed by atoms with Crippen molar-refractivity contribution in [2.75, 3.05) is 6.54 Å². The third kappa shape index (κ3) is 9.98. The zero-order valence-electron chi connectivity index (χ0n) is 26.6. The number of hydrogen-bond donors (Lipinski definition) is 7. The molecule has 3 atom stereocenters. The maximum Gasteiger partial charge on any atom is 0.329 e. The molecule has 0 bridgehead atoms. The highest BCUT2D eigenvalue weighted by atomic mass is 31.2. The number of amides is 4. The van der Waals surface area contributed by atoms with Gasteiger partial charge in [0.1, 0.15) is 11.6 Å². The van der Waals surface area contributed by atoms with Gasteiger partial charge in [0, 0.05) is 12.5 Å². The van der Waals surface area contributed by atoms with Crippen molar-refractivity contribution in [3.63, 3.8) is 0 Å².